The maximum Gasteiger partial charge on any atom is 0.306 e. The third-order valence-corrected chi connectivity index (χ3v) is 4.12. The minimum atomic E-state index is -0.264. The van der Waals surface area contributed by atoms with Crippen molar-refractivity contribution in [3.63, 3.8) is 0 Å². The molecule has 4 heteroatoms. The van der Waals surface area contributed by atoms with Crippen LogP contribution in [0, 0.1) is 0 Å². The molecular formula is C21H32O4. The van der Waals surface area contributed by atoms with Gasteiger partial charge >= 0.3 is 11.9 Å². The summed E-state index contributed by atoms with van der Waals surface area (Å²) in [5.74, 6) is -0.494. The van der Waals surface area contributed by atoms with Gasteiger partial charge in [0.2, 0.25) is 0 Å². The highest BCUT2D eigenvalue weighted by Gasteiger charge is 2.15. The average Bonchev–Trinajstić information content (AvgIpc) is 2.60. The Morgan fingerprint density at radius 2 is 1.56 bits per heavy atom. The van der Waals surface area contributed by atoms with Crippen molar-refractivity contribution < 1.29 is 19.1 Å². The predicted molar refractivity (Wildman–Crippen MR) is 99.1 cm³/mol. The van der Waals surface area contributed by atoms with Gasteiger partial charge in [0.15, 0.2) is 0 Å². The maximum atomic E-state index is 12.0. The maximum absolute atomic E-state index is 12.0. The van der Waals surface area contributed by atoms with Gasteiger partial charge < -0.3 is 9.47 Å². The summed E-state index contributed by atoms with van der Waals surface area (Å²) in [4.78, 5) is 23.8. The van der Waals surface area contributed by atoms with Crippen LogP contribution in [0.1, 0.15) is 83.8 Å². The highest BCUT2D eigenvalue weighted by atomic mass is 16.5. The van der Waals surface area contributed by atoms with E-state index in [-0.39, 0.29) is 37.0 Å². The first-order chi connectivity index (χ1) is 12.1. The second kappa shape index (κ2) is 12.5. The van der Waals surface area contributed by atoms with Gasteiger partial charge in [-0.1, -0.05) is 57.0 Å². The summed E-state index contributed by atoms with van der Waals surface area (Å²) in [5.41, 5.74) is 0.999. The van der Waals surface area contributed by atoms with Gasteiger partial charge in [-0.2, -0.15) is 0 Å². The standard InChI is InChI=1S/C21H32O4/c1-4-6-8-12-17(3)24-20(22)15-11-16-21(23)25-19(5-2)18-13-9-7-10-14-18/h7,9-10,13-14,17,19H,4-6,8,11-12,15-16H2,1-3H3. The van der Waals surface area contributed by atoms with Crippen molar-refractivity contribution in [2.45, 2.75) is 84.3 Å². The summed E-state index contributed by atoms with van der Waals surface area (Å²) in [6, 6.07) is 9.72. The monoisotopic (exact) mass is 348 g/mol. The largest absolute Gasteiger partial charge is 0.463 e. The Hall–Kier alpha value is -1.84. The number of rotatable bonds is 12. The molecule has 0 radical (unpaired) electrons. The molecule has 1 rings (SSSR count). The summed E-state index contributed by atoms with van der Waals surface area (Å²) in [6.45, 7) is 6.06. The first kappa shape index (κ1) is 21.2. The minimum Gasteiger partial charge on any atom is -0.463 e. The lowest BCUT2D eigenvalue weighted by Gasteiger charge is -2.16. The van der Waals surface area contributed by atoms with Crippen LogP contribution in [-0.4, -0.2) is 18.0 Å². The summed E-state index contributed by atoms with van der Waals surface area (Å²) >= 11 is 0. The molecule has 0 spiro atoms. The Morgan fingerprint density at radius 3 is 2.16 bits per heavy atom. The molecule has 0 N–H and O–H groups in total. The molecule has 0 saturated carbocycles. The molecule has 0 bridgehead atoms. The Bertz CT molecular complexity index is 498. The number of carbonyl (C=O) groups is 2. The number of hydrogen-bond acceptors (Lipinski definition) is 4. The summed E-state index contributed by atoms with van der Waals surface area (Å²) in [6.07, 6.45) is 5.72. The zero-order valence-electron chi connectivity index (χ0n) is 15.8. The van der Waals surface area contributed by atoms with Crippen LogP contribution >= 0.6 is 0 Å². The predicted octanol–water partition coefficient (Wildman–Crippen LogP) is 5.36. The number of unbranched alkanes of at least 4 members (excludes halogenated alkanes) is 2. The fourth-order valence-corrected chi connectivity index (χ4v) is 2.67. The highest BCUT2D eigenvalue weighted by molar-refractivity contribution is 5.72. The van der Waals surface area contributed by atoms with Crippen molar-refractivity contribution in [3.8, 4) is 0 Å². The molecule has 1 aromatic rings. The molecule has 0 aliphatic rings. The molecular weight excluding hydrogens is 316 g/mol. The summed E-state index contributed by atoms with van der Waals surface area (Å²) in [7, 11) is 0. The first-order valence-corrected chi connectivity index (χ1v) is 9.50. The Balaban J connectivity index is 2.24. The van der Waals surface area contributed by atoms with Gasteiger partial charge in [-0.05, 0) is 38.2 Å². The van der Waals surface area contributed by atoms with Gasteiger partial charge in [0.1, 0.15) is 6.10 Å². The van der Waals surface area contributed by atoms with Gasteiger partial charge in [-0.25, -0.2) is 0 Å². The SMILES string of the molecule is CCCCCC(C)OC(=O)CCCC(=O)OC(CC)c1ccccc1. The summed E-state index contributed by atoms with van der Waals surface area (Å²) < 4.78 is 10.9. The van der Waals surface area contributed by atoms with E-state index in [1.54, 1.807) is 0 Å². The Kier molecular flexibility index (Phi) is 10.6. The first-order valence-electron chi connectivity index (χ1n) is 9.50. The average molecular weight is 348 g/mol. The van der Waals surface area contributed by atoms with Crippen LogP contribution in [0.4, 0.5) is 0 Å². The third kappa shape index (κ3) is 9.28. The lowest BCUT2D eigenvalue weighted by molar-refractivity contribution is -0.151. The van der Waals surface area contributed by atoms with E-state index in [4.69, 9.17) is 9.47 Å². The van der Waals surface area contributed by atoms with E-state index < -0.39 is 0 Å². The molecule has 25 heavy (non-hydrogen) atoms. The number of benzene rings is 1. The quantitative estimate of drug-likeness (QED) is 0.377. The molecule has 4 nitrogen and oxygen atoms in total. The van der Waals surface area contributed by atoms with Crippen molar-refractivity contribution in [2.75, 3.05) is 0 Å². The second-order valence-electron chi connectivity index (χ2n) is 6.45. The molecule has 0 aliphatic heterocycles. The van der Waals surface area contributed by atoms with Gasteiger partial charge in [0.05, 0.1) is 6.10 Å². The van der Waals surface area contributed by atoms with E-state index in [9.17, 15) is 9.59 Å². The van der Waals surface area contributed by atoms with E-state index in [1.165, 1.54) is 0 Å². The topological polar surface area (TPSA) is 52.6 Å². The zero-order valence-corrected chi connectivity index (χ0v) is 15.8. The third-order valence-electron chi connectivity index (χ3n) is 4.12. The highest BCUT2D eigenvalue weighted by Crippen LogP contribution is 2.21. The normalized spacial score (nSPS) is 13.1. The smallest absolute Gasteiger partial charge is 0.306 e. The van der Waals surface area contributed by atoms with E-state index in [1.807, 2.05) is 44.2 Å². The van der Waals surface area contributed by atoms with Gasteiger partial charge in [0, 0.05) is 12.8 Å². The molecule has 0 fully saturated rings. The van der Waals surface area contributed by atoms with Crippen LogP contribution < -0.4 is 0 Å². The van der Waals surface area contributed by atoms with Crippen LogP contribution in [0.5, 0.6) is 0 Å². The molecule has 0 aliphatic carbocycles. The second-order valence-corrected chi connectivity index (χ2v) is 6.45. The number of esters is 2. The lowest BCUT2D eigenvalue weighted by atomic mass is 10.1. The van der Waals surface area contributed by atoms with Gasteiger partial charge in [0.25, 0.3) is 0 Å². The molecule has 0 aromatic heterocycles. The molecule has 2 unspecified atom stereocenters. The van der Waals surface area contributed by atoms with Crippen LogP contribution in [0.2, 0.25) is 0 Å². The lowest BCUT2D eigenvalue weighted by Crippen LogP contribution is -2.15. The fourth-order valence-electron chi connectivity index (χ4n) is 2.67. The summed E-state index contributed by atoms with van der Waals surface area (Å²) in [5, 5.41) is 0. The van der Waals surface area contributed by atoms with Crippen molar-refractivity contribution in [1.29, 1.82) is 0 Å². The van der Waals surface area contributed by atoms with Crippen LogP contribution in [0.3, 0.4) is 0 Å². The van der Waals surface area contributed by atoms with Crippen LogP contribution in [0.25, 0.3) is 0 Å². The van der Waals surface area contributed by atoms with Crippen molar-refractivity contribution >= 4 is 11.9 Å². The van der Waals surface area contributed by atoms with E-state index >= 15 is 0 Å². The van der Waals surface area contributed by atoms with Crippen molar-refractivity contribution in [2.24, 2.45) is 0 Å². The van der Waals surface area contributed by atoms with Crippen molar-refractivity contribution in [3.05, 3.63) is 35.9 Å². The molecule has 1 aromatic carbocycles. The molecule has 140 valence electrons. The number of carbonyl (C=O) groups excluding carboxylic acids is 2. The minimum absolute atomic E-state index is 0.0476. The fraction of sp³-hybridized carbons (Fsp3) is 0.619. The molecule has 0 saturated heterocycles. The molecule has 2 atom stereocenters. The Morgan fingerprint density at radius 1 is 0.920 bits per heavy atom. The van der Waals surface area contributed by atoms with Crippen LogP contribution in [0.15, 0.2) is 30.3 Å². The van der Waals surface area contributed by atoms with Crippen molar-refractivity contribution in [1.82, 2.24) is 0 Å². The van der Waals surface area contributed by atoms with Crippen LogP contribution in [-0.2, 0) is 19.1 Å². The number of ether oxygens (including phenoxy) is 2. The van der Waals surface area contributed by atoms with Gasteiger partial charge in [-0.3, -0.25) is 9.59 Å². The molecule has 0 heterocycles. The van der Waals surface area contributed by atoms with E-state index in [0.717, 1.165) is 37.7 Å². The Labute approximate surface area is 151 Å². The van der Waals surface area contributed by atoms with Gasteiger partial charge in [-0.15, -0.1) is 0 Å². The van der Waals surface area contributed by atoms with E-state index in [0.29, 0.717) is 6.42 Å². The van der Waals surface area contributed by atoms with E-state index in [2.05, 4.69) is 6.92 Å². The molecule has 0 amide bonds. The number of hydrogen-bond donors (Lipinski definition) is 0. The zero-order chi connectivity index (χ0) is 18.5.